The van der Waals surface area contributed by atoms with Crippen molar-refractivity contribution in [3.05, 3.63) is 51.7 Å². The van der Waals surface area contributed by atoms with E-state index in [-0.39, 0.29) is 0 Å². The summed E-state index contributed by atoms with van der Waals surface area (Å²) in [5.41, 5.74) is 1.01. The molecule has 0 saturated carbocycles. The summed E-state index contributed by atoms with van der Waals surface area (Å²) in [4.78, 5) is 3.98. The Labute approximate surface area is 128 Å². The smallest absolute Gasteiger partial charge is 0.236 e. The van der Waals surface area contributed by atoms with Crippen LogP contribution >= 0.6 is 31.9 Å². The van der Waals surface area contributed by atoms with E-state index in [1.54, 1.807) is 30.5 Å². The second kappa shape index (κ2) is 5.60. The third-order valence-electron chi connectivity index (χ3n) is 2.37. The van der Waals surface area contributed by atoms with E-state index in [1.807, 2.05) is 6.07 Å². The van der Waals surface area contributed by atoms with E-state index >= 15 is 0 Å². The van der Waals surface area contributed by atoms with Crippen LogP contribution in [0.1, 0.15) is 0 Å². The molecule has 0 bridgehead atoms. The van der Waals surface area contributed by atoms with Crippen LogP contribution in [0.5, 0.6) is 0 Å². The predicted octanol–water partition coefficient (Wildman–Crippen LogP) is 3.70. The fraction of sp³-hybridized carbons (Fsp3) is 0.0833. The summed E-state index contributed by atoms with van der Waals surface area (Å²) in [6, 6.07) is 8.82. The third-order valence-corrected chi connectivity index (χ3v) is 4.77. The van der Waals surface area contributed by atoms with Crippen LogP contribution in [0.4, 0.5) is 11.4 Å². The van der Waals surface area contributed by atoms with Crippen molar-refractivity contribution in [2.45, 2.75) is 0 Å². The van der Waals surface area contributed by atoms with Crippen molar-refractivity contribution in [1.82, 2.24) is 4.98 Å². The molecule has 0 spiro atoms. The number of hydrogen-bond acceptors (Lipinski definition) is 3. The zero-order valence-electron chi connectivity index (χ0n) is 9.92. The van der Waals surface area contributed by atoms with E-state index in [1.165, 1.54) is 10.5 Å². The summed E-state index contributed by atoms with van der Waals surface area (Å²) in [5.74, 6) is 0. The number of anilines is 2. The van der Waals surface area contributed by atoms with Crippen LogP contribution in [0.3, 0.4) is 0 Å². The van der Waals surface area contributed by atoms with E-state index in [4.69, 9.17) is 0 Å². The number of nitrogens with zero attached hydrogens (tertiary/aromatic N) is 2. The Morgan fingerprint density at radius 1 is 1.05 bits per heavy atom. The summed E-state index contributed by atoms with van der Waals surface area (Å²) < 4.78 is 26.8. The molecule has 19 heavy (non-hydrogen) atoms. The summed E-state index contributed by atoms with van der Waals surface area (Å²) >= 11 is 6.72. The molecule has 0 fully saturated rings. The standard InChI is InChI=1S/C12H10Br2N2O2S/c1-19(17,18)16(11-5-3-2-4-9(11)13)12-8-15-7-6-10(12)14/h2-8H,1H3. The highest BCUT2D eigenvalue weighted by Gasteiger charge is 2.23. The average Bonchev–Trinajstić information content (AvgIpc) is 2.33. The highest BCUT2D eigenvalue weighted by atomic mass is 79.9. The Morgan fingerprint density at radius 2 is 1.68 bits per heavy atom. The fourth-order valence-corrected chi connectivity index (χ4v) is 3.74. The first-order chi connectivity index (χ1) is 8.91. The molecule has 7 heteroatoms. The Morgan fingerprint density at radius 3 is 2.26 bits per heavy atom. The number of hydrogen-bond donors (Lipinski definition) is 0. The Kier molecular flexibility index (Phi) is 4.27. The lowest BCUT2D eigenvalue weighted by Gasteiger charge is -2.24. The Bertz CT molecular complexity index is 659. The minimum atomic E-state index is -3.48. The number of aromatic nitrogens is 1. The maximum atomic E-state index is 12.1. The molecule has 0 saturated heterocycles. The predicted molar refractivity (Wildman–Crippen MR) is 83.1 cm³/mol. The van der Waals surface area contributed by atoms with Gasteiger partial charge in [-0.3, -0.25) is 4.98 Å². The fourth-order valence-electron chi connectivity index (χ4n) is 1.62. The van der Waals surface area contributed by atoms with Gasteiger partial charge < -0.3 is 0 Å². The van der Waals surface area contributed by atoms with Crippen LogP contribution in [0.15, 0.2) is 51.7 Å². The molecule has 0 atom stereocenters. The zero-order valence-corrected chi connectivity index (χ0v) is 13.9. The summed E-state index contributed by atoms with van der Waals surface area (Å²) in [6.45, 7) is 0. The SMILES string of the molecule is CS(=O)(=O)N(c1ccccc1Br)c1cnccc1Br. The van der Waals surface area contributed by atoms with Gasteiger partial charge in [-0.15, -0.1) is 0 Å². The van der Waals surface area contributed by atoms with Gasteiger partial charge in [0, 0.05) is 15.1 Å². The Balaban J connectivity index is 2.70. The number of benzene rings is 1. The molecule has 0 N–H and O–H groups in total. The van der Waals surface area contributed by atoms with E-state index in [9.17, 15) is 8.42 Å². The van der Waals surface area contributed by atoms with Crippen molar-refractivity contribution < 1.29 is 8.42 Å². The second-order valence-corrected chi connectivity index (χ2v) is 7.35. The van der Waals surface area contributed by atoms with Crippen molar-refractivity contribution in [3.8, 4) is 0 Å². The van der Waals surface area contributed by atoms with Crippen molar-refractivity contribution in [2.75, 3.05) is 10.6 Å². The first-order valence-electron chi connectivity index (χ1n) is 5.25. The average molecular weight is 406 g/mol. The molecule has 100 valence electrons. The van der Waals surface area contributed by atoms with Crippen LogP contribution in [-0.2, 0) is 10.0 Å². The first-order valence-corrected chi connectivity index (χ1v) is 8.69. The largest absolute Gasteiger partial charge is 0.262 e. The van der Waals surface area contributed by atoms with Crippen molar-refractivity contribution >= 4 is 53.3 Å². The molecule has 0 aliphatic carbocycles. The maximum absolute atomic E-state index is 12.1. The highest BCUT2D eigenvalue weighted by Crippen LogP contribution is 2.37. The molecule has 0 aliphatic rings. The van der Waals surface area contributed by atoms with Gasteiger partial charge in [0.05, 0.1) is 23.8 Å². The molecule has 2 rings (SSSR count). The van der Waals surface area contributed by atoms with Crippen LogP contribution in [0.25, 0.3) is 0 Å². The first kappa shape index (κ1) is 14.5. The number of pyridine rings is 1. The molecule has 4 nitrogen and oxygen atoms in total. The molecule has 0 radical (unpaired) electrons. The molecule has 0 aliphatic heterocycles. The summed E-state index contributed by atoms with van der Waals surface area (Å²) in [6.07, 6.45) is 4.25. The van der Waals surface area contributed by atoms with Gasteiger partial charge in [0.25, 0.3) is 0 Å². The van der Waals surface area contributed by atoms with Gasteiger partial charge in [0.15, 0.2) is 0 Å². The van der Waals surface area contributed by atoms with E-state index in [0.29, 0.717) is 20.3 Å². The maximum Gasteiger partial charge on any atom is 0.236 e. The quantitative estimate of drug-likeness (QED) is 0.782. The molecular weight excluding hydrogens is 396 g/mol. The molecule has 1 aromatic carbocycles. The molecule has 0 amide bonds. The summed E-state index contributed by atoms with van der Waals surface area (Å²) in [7, 11) is -3.48. The van der Waals surface area contributed by atoms with E-state index in [2.05, 4.69) is 36.8 Å². The lowest BCUT2D eigenvalue weighted by atomic mass is 10.3. The highest BCUT2D eigenvalue weighted by molar-refractivity contribution is 9.11. The van der Waals surface area contributed by atoms with Crippen molar-refractivity contribution in [1.29, 1.82) is 0 Å². The number of halogens is 2. The Hall–Kier alpha value is -0.920. The molecule has 0 unspecified atom stereocenters. The topological polar surface area (TPSA) is 50.3 Å². The van der Waals surface area contributed by atoms with Gasteiger partial charge in [-0.05, 0) is 50.1 Å². The number of rotatable bonds is 3. The molecular formula is C12H10Br2N2O2S. The zero-order chi connectivity index (χ0) is 14.0. The van der Waals surface area contributed by atoms with Gasteiger partial charge in [-0.25, -0.2) is 12.7 Å². The molecule has 1 heterocycles. The normalized spacial score (nSPS) is 11.3. The number of para-hydroxylation sites is 1. The minimum Gasteiger partial charge on any atom is -0.262 e. The number of sulfonamides is 1. The lowest BCUT2D eigenvalue weighted by molar-refractivity contribution is 0.602. The monoisotopic (exact) mass is 404 g/mol. The van der Waals surface area contributed by atoms with Crippen LogP contribution in [0, 0.1) is 0 Å². The second-order valence-electron chi connectivity index (χ2n) is 3.81. The van der Waals surface area contributed by atoms with Crippen LogP contribution < -0.4 is 4.31 Å². The van der Waals surface area contributed by atoms with E-state index < -0.39 is 10.0 Å². The molecule has 2 aromatic rings. The van der Waals surface area contributed by atoms with Crippen LogP contribution in [0.2, 0.25) is 0 Å². The van der Waals surface area contributed by atoms with E-state index in [0.717, 1.165) is 6.26 Å². The minimum absolute atomic E-state index is 0.469. The van der Waals surface area contributed by atoms with Gasteiger partial charge in [0.1, 0.15) is 0 Å². The van der Waals surface area contributed by atoms with Gasteiger partial charge in [-0.1, -0.05) is 12.1 Å². The van der Waals surface area contributed by atoms with Gasteiger partial charge in [-0.2, -0.15) is 0 Å². The van der Waals surface area contributed by atoms with Gasteiger partial charge in [0.2, 0.25) is 10.0 Å². The van der Waals surface area contributed by atoms with Crippen molar-refractivity contribution in [2.24, 2.45) is 0 Å². The molecule has 1 aromatic heterocycles. The third kappa shape index (κ3) is 3.16. The van der Waals surface area contributed by atoms with Crippen LogP contribution in [-0.4, -0.2) is 19.7 Å². The lowest BCUT2D eigenvalue weighted by Crippen LogP contribution is -2.25. The van der Waals surface area contributed by atoms with Gasteiger partial charge >= 0.3 is 0 Å². The van der Waals surface area contributed by atoms with Crippen molar-refractivity contribution in [3.63, 3.8) is 0 Å². The summed E-state index contributed by atoms with van der Waals surface area (Å²) in [5, 5.41) is 0.